The van der Waals surface area contributed by atoms with E-state index < -0.39 is 0 Å². The second kappa shape index (κ2) is 6.93. The quantitative estimate of drug-likeness (QED) is 0.869. The Bertz CT molecular complexity index is 478. The second-order valence-corrected chi connectivity index (χ2v) is 5.81. The SMILES string of the molecule is CCNc1cc(C(=O)N2CCCC(C)CC2)cc(Cl)n1. The molecule has 1 unspecified atom stereocenters. The predicted octanol–water partition coefficient (Wildman–Crippen LogP) is 3.43. The first kappa shape index (κ1) is 15.1. The van der Waals surface area contributed by atoms with Crippen LogP contribution in [0.5, 0.6) is 0 Å². The van der Waals surface area contributed by atoms with E-state index in [-0.39, 0.29) is 5.91 Å². The van der Waals surface area contributed by atoms with Gasteiger partial charge in [0.05, 0.1) is 0 Å². The van der Waals surface area contributed by atoms with Gasteiger partial charge in [0.1, 0.15) is 11.0 Å². The van der Waals surface area contributed by atoms with Crippen molar-refractivity contribution in [2.24, 2.45) is 5.92 Å². The number of halogens is 1. The summed E-state index contributed by atoms with van der Waals surface area (Å²) in [5.74, 6) is 1.42. The zero-order valence-electron chi connectivity index (χ0n) is 12.2. The molecule has 1 amide bonds. The molecule has 110 valence electrons. The number of amides is 1. The molecule has 2 rings (SSSR count). The molecule has 1 aromatic rings. The van der Waals surface area contributed by atoms with E-state index in [0.29, 0.717) is 22.5 Å². The van der Waals surface area contributed by atoms with Gasteiger partial charge in [-0.15, -0.1) is 0 Å². The van der Waals surface area contributed by atoms with Crippen molar-refractivity contribution in [3.05, 3.63) is 22.8 Å². The standard InChI is InChI=1S/C15H22ClN3O/c1-3-17-14-10-12(9-13(16)18-14)15(20)19-7-4-5-11(2)6-8-19/h9-11H,3-8H2,1-2H3,(H,17,18). The molecule has 20 heavy (non-hydrogen) atoms. The van der Waals surface area contributed by atoms with E-state index in [9.17, 15) is 4.79 Å². The highest BCUT2D eigenvalue weighted by molar-refractivity contribution is 6.29. The normalized spacial score (nSPS) is 19.6. The number of rotatable bonds is 3. The van der Waals surface area contributed by atoms with Crippen molar-refractivity contribution in [2.45, 2.75) is 33.1 Å². The lowest BCUT2D eigenvalue weighted by molar-refractivity contribution is 0.0760. The number of likely N-dealkylation sites (tertiary alicyclic amines) is 1. The minimum absolute atomic E-state index is 0.0579. The van der Waals surface area contributed by atoms with Gasteiger partial charge in [0.25, 0.3) is 5.91 Å². The van der Waals surface area contributed by atoms with Crippen molar-refractivity contribution < 1.29 is 4.79 Å². The summed E-state index contributed by atoms with van der Waals surface area (Å²) in [6.45, 7) is 6.65. The summed E-state index contributed by atoms with van der Waals surface area (Å²) in [5, 5.41) is 3.46. The summed E-state index contributed by atoms with van der Waals surface area (Å²) in [7, 11) is 0. The molecule has 1 N–H and O–H groups in total. The summed E-state index contributed by atoms with van der Waals surface area (Å²) in [6.07, 6.45) is 3.35. The molecule has 5 heteroatoms. The summed E-state index contributed by atoms with van der Waals surface area (Å²) in [4.78, 5) is 18.7. The third-order valence-electron chi connectivity index (χ3n) is 3.70. The predicted molar refractivity (Wildman–Crippen MR) is 82.3 cm³/mol. The summed E-state index contributed by atoms with van der Waals surface area (Å²) >= 11 is 6.00. The van der Waals surface area contributed by atoms with Crippen LogP contribution in [0.15, 0.2) is 12.1 Å². The van der Waals surface area contributed by atoms with Crippen LogP contribution in [0.1, 0.15) is 43.5 Å². The highest BCUT2D eigenvalue weighted by atomic mass is 35.5. The zero-order chi connectivity index (χ0) is 14.5. The van der Waals surface area contributed by atoms with Crippen molar-refractivity contribution in [3.63, 3.8) is 0 Å². The topological polar surface area (TPSA) is 45.2 Å². The lowest BCUT2D eigenvalue weighted by Crippen LogP contribution is -2.32. The Balaban J connectivity index is 2.15. The Morgan fingerprint density at radius 1 is 1.45 bits per heavy atom. The highest BCUT2D eigenvalue weighted by Gasteiger charge is 2.20. The zero-order valence-corrected chi connectivity index (χ0v) is 12.9. The lowest BCUT2D eigenvalue weighted by atomic mass is 10.0. The Hall–Kier alpha value is -1.29. The fraction of sp³-hybridized carbons (Fsp3) is 0.600. The first-order chi connectivity index (χ1) is 9.60. The number of nitrogens with zero attached hydrogens (tertiary/aromatic N) is 2. The molecule has 0 aromatic carbocycles. The van der Waals surface area contributed by atoms with Crippen LogP contribution in [0.2, 0.25) is 5.15 Å². The first-order valence-corrected chi connectivity index (χ1v) is 7.68. The monoisotopic (exact) mass is 295 g/mol. The number of carbonyl (C=O) groups is 1. The van der Waals surface area contributed by atoms with E-state index in [1.807, 2.05) is 11.8 Å². The average molecular weight is 296 g/mol. The van der Waals surface area contributed by atoms with Gasteiger partial charge in [-0.05, 0) is 44.2 Å². The van der Waals surface area contributed by atoms with Crippen molar-refractivity contribution >= 4 is 23.3 Å². The number of carbonyl (C=O) groups excluding carboxylic acids is 1. The fourth-order valence-corrected chi connectivity index (χ4v) is 2.75. The number of hydrogen-bond donors (Lipinski definition) is 1. The van der Waals surface area contributed by atoms with Crippen molar-refractivity contribution in [2.75, 3.05) is 25.0 Å². The van der Waals surface area contributed by atoms with Crippen LogP contribution in [0.3, 0.4) is 0 Å². The van der Waals surface area contributed by atoms with E-state index in [0.717, 1.165) is 32.5 Å². The molecule has 1 aromatic heterocycles. The maximum Gasteiger partial charge on any atom is 0.254 e. The smallest absolute Gasteiger partial charge is 0.254 e. The maximum absolute atomic E-state index is 12.6. The van der Waals surface area contributed by atoms with Gasteiger partial charge in [0.15, 0.2) is 0 Å². The summed E-state index contributed by atoms with van der Waals surface area (Å²) < 4.78 is 0. The largest absolute Gasteiger partial charge is 0.370 e. The van der Waals surface area contributed by atoms with Gasteiger partial charge in [0.2, 0.25) is 0 Å². The van der Waals surface area contributed by atoms with E-state index >= 15 is 0 Å². The van der Waals surface area contributed by atoms with Gasteiger partial charge >= 0.3 is 0 Å². The van der Waals surface area contributed by atoms with Crippen LogP contribution in [-0.2, 0) is 0 Å². The van der Waals surface area contributed by atoms with Crippen LogP contribution < -0.4 is 5.32 Å². The van der Waals surface area contributed by atoms with Gasteiger partial charge in [-0.3, -0.25) is 4.79 Å². The van der Waals surface area contributed by atoms with Crippen LogP contribution >= 0.6 is 11.6 Å². The summed E-state index contributed by atoms with van der Waals surface area (Å²) in [5.41, 5.74) is 0.621. The molecule has 4 nitrogen and oxygen atoms in total. The summed E-state index contributed by atoms with van der Waals surface area (Å²) in [6, 6.07) is 3.44. The number of anilines is 1. The molecule has 0 spiro atoms. The third kappa shape index (κ3) is 3.85. The van der Waals surface area contributed by atoms with E-state index in [1.165, 1.54) is 6.42 Å². The average Bonchev–Trinajstić information content (AvgIpc) is 2.62. The molecular weight excluding hydrogens is 274 g/mol. The van der Waals surface area contributed by atoms with Gasteiger partial charge in [-0.25, -0.2) is 4.98 Å². The molecule has 1 aliphatic rings. The molecular formula is C15H22ClN3O. The lowest BCUT2D eigenvalue weighted by Gasteiger charge is -2.21. The van der Waals surface area contributed by atoms with Crippen LogP contribution in [0.25, 0.3) is 0 Å². The van der Waals surface area contributed by atoms with Crippen molar-refractivity contribution in [3.8, 4) is 0 Å². The third-order valence-corrected chi connectivity index (χ3v) is 3.90. The minimum atomic E-state index is 0.0579. The Morgan fingerprint density at radius 3 is 3.00 bits per heavy atom. The highest BCUT2D eigenvalue weighted by Crippen LogP contribution is 2.20. The Labute approximate surface area is 125 Å². The molecule has 1 fully saturated rings. The van der Waals surface area contributed by atoms with Gasteiger partial charge in [-0.2, -0.15) is 0 Å². The van der Waals surface area contributed by atoms with Crippen molar-refractivity contribution in [1.82, 2.24) is 9.88 Å². The van der Waals surface area contributed by atoms with Gasteiger partial charge in [-0.1, -0.05) is 18.5 Å². The van der Waals surface area contributed by atoms with E-state index in [4.69, 9.17) is 11.6 Å². The first-order valence-electron chi connectivity index (χ1n) is 7.31. The molecule has 0 saturated carbocycles. The van der Waals surface area contributed by atoms with E-state index in [2.05, 4.69) is 17.2 Å². The number of hydrogen-bond acceptors (Lipinski definition) is 3. The van der Waals surface area contributed by atoms with Crippen molar-refractivity contribution in [1.29, 1.82) is 0 Å². The number of nitrogens with one attached hydrogen (secondary N) is 1. The van der Waals surface area contributed by atoms with Gasteiger partial charge in [0, 0.05) is 25.2 Å². The Kier molecular flexibility index (Phi) is 5.24. The number of aromatic nitrogens is 1. The molecule has 0 radical (unpaired) electrons. The Morgan fingerprint density at radius 2 is 2.25 bits per heavy atom. The molecule has 0 bridgehead atoms. The molecule has 1 atom stereocenters. The molecule has 0 aliphatic carbocycles. The molecule has 2 heterocycles. The van der Waals surface area contributed by atoms with Gasteiger partial charge < -0.3 is 10.2 Å². The van der Waals surface area contributed by atoms with Crippen LogP contribution in [0, 0.1) is 5.92 Å². The van der Waals surface area contributed by atoms with Crippen LogP contribution in [-0.4, -0.2) is 35.4 Å². The number of pyridine rings is 1. The van der Waals surface area contributed by atoms with E-state index in [1.54, 1.807) is 12.1 Å². The minimum Gasteiger partial charge on any atom is -0.370 e. The second-order valence-electron chi connectivity index (χ2n) is 5.42. The fourth-order valence-electron chi connectivity index (χ4n) is 2.54. The maximum atomic E-state index is 12.6. The van der Waals surface area contributed by atoms with Crippen LogP contribution in [0.4, 0.5) is 5.82 Å². The molecule has 1 saturated heterocycles. The molecule has 1 aliphatic heterocycles.